The van der Waals surface area contributed by atoms with Crippen molar-refractivity contribution >= 4 is 32.9 Å². The van der Waals surface area contributed by atoms with E-state index < -0.39 is 0 Å². The molecule has 0 spiro atoms. The van der Waals surface area contributed by atoms with Gasteiger partial charge < -0.3 is 14.9 Å². The fourth-order valence-corrected chi connectivity index (χ4v) is 2.34. The van der Waals surface area contributed by atoms with Crippen molar-refractivity contribution in [2.45, 2.75) is 13.1 Å². The van der Waals surface area contributed by atoms with E-state index in [1.54, 1.807) is 18.6 Å². The van der Waals surface area contributed by atoms with Gasteiger partial charge in [0.15, 0.2) is 0 Å². The molecule has 0 unspecified atom stereocenters. The molecule has 0 radical (unpaired) electrons. The molecule has 0 aliphatic rings. The highest BCUT2D eigenvalue weighted by molar-refractivity contribution is 9.10. The molecule has 0 atom stereocenters. The van der Waals surface area contributed by atoms with Gasteiger partial charge in [-0.1, -0.05) is 0 Å². The van der Waals surface area contributed by atoms with Crippen molar-refractivity contribution in [2.75, 3.05) is 5.73 Å². The van der Waals surface area contributed by atoms with Gasteiger partial charge in [-0.05, 0) is 22.0 Å². The van der Waals surface area contributed by atoms with Crippen LogP contribution in [-0.2, 0) is 13.1 Å². The van der Waals surface area contributed by atoms with Crippen LogP contribution in [0, 0.1) is 5.82 Å². The van der Waals surface area contributed by atoms with E-state index in [9.17, 15) is 4.39 Å². The molecule has 2 N–H and O–H groups in total. The highest BCUT2D eigenvalue weighted by Gasteiger charge is 2.11. The summed E-state index contributed by atoms with van der Waals surface area (Å²) >= 11 is 3.18. The number of anilines is 1. The number of fused-ring (bicyclic) bond motifs is 1. The van der Waals surface area contributed by atoms with Crippen LogP contribution in [0.15, 0.2) is 35.3 Å². The van der Waals surface area contributed by atoms with Crippen LogP contribution in [0.2, 0.25) is 0 Å². The van der Waals surface area contributed by atoms with E-state index in [2.05, 4.69) is 25.9 Å². The predicted octanol–water partition coefficient (Wildman–Crippen LogP) is 2.42. The number of hydrogen-bond donors (Lipinski definition) is 1. The predicted molar refractivity (Wildman–Crippen MR) is 74.0 cm³/mol. The Hall–Kier alpha value is -1.89. The number of aromatic nitrogens is 4. The molecule has 3 rings (SSSR count). The Morgan fingerprint density at radius 1 is 1.32 bits per heavy atom. The van der Waals surface area contributed by atoms with Crippen molar-refractivity contribution < 1.29 is 4.39 Å². The number of imidazole rings is 2. The van der Waals surface area contributed by atoms with Crippen molar-refractivity contribution in [3.8, 4) is 0 Å². The summed E-state index contributed by atoms with van der Waals surface area (Å²) < 4.78 is 17.7. The minimum atomic E-state index is -0.341. The monoisotopic (exact) mass is 323 g/mol. The average molecular weight is 324 g/mol. The molecule has 0 bridgehead atoms. The Kier molecular flexibility index (Phi) is 2.98. The lowest BCUT2D eigenvalue weighted by atomic mass is 10.3. The summed E-state index contributed by atoms with van der Waals surface area (Å²) in [6, 6.07) is 3.07. The van der Waals surface area contributed by atoms with Crippen molar-refractivity contribution in [3.05, 3.63) is 41.1 Å². The zero-order valence-corrected chi connectivity index (χ0v) is 11.5. The Morgan fingerprint density at radius 2 is 2.16 bits per heavy atom. The molecule has 7 heteroatoms. The first-order chi connectivity index (χ1) is 9.15. The quantitative estimate of drug-likeness (QED) is 0.805. The fourth-order valence-electron chi connectivity index (χ4n) is 2.01. The number of benzene rings is 1. The van der Waals surface area contributed by atoms with E-state index in [1.807, 2.05) is 15.3 Å². The van der Waals surface area contributed by atoms with Crippen LogP contribution in [-0.4, -0.2) is 19.1 Å². The minimum absolute atomic E-state index is 0.341. The smallest absolute Gasteiger partial charge is 0.201 e. The summed E-state index contributed by atoms with van der Waals surface area (Å²) in [7, 11) is 0. The maximum Gasteiger partial charge on any atom is 0.201 e. The lowest BCUT2D eigenvalue weighted by molar-refractivity contribution is 0.593. The molecule has 0 fully saturated rings. The molecule has 98 valence electrons. The Balaban J connectivity index is 1.98. The van der Waals surface area contributed by atoms with Gasteiger partial charge in [-0.25, -0.2) is 14.4 Å². The second-order valence-corrected chi connectivity index (χ2v) is 5.03. The summed E-state index contributed by atoms with van der Waals surface area (Å²) in [4.78, 5) is 8.15. The highest BCUT2D eigenvalue weighted by atomic mass is 79.9. The first-order valence-corrected chi connectivity index (χ1v) is 6.51. The number of nitrogens with zero attached hydrogens (tertiary/aromatic N) is 4. The van der Waals surface area contributed by atoms with Gasteiger partial charge in [0.05, 0.1) is 21.8 Å². The normalized spacial score (nSPS) is 11.3. The van der Waals surface area contributed by atoms with Crippen molar-refractivity contribution in [1.29, 1.82) is 0 Å². The highest BCUT2D eigenvalue weighted by Crippen LogP contribution is 2.25. The molecule has 0 saturated carbocycles. The number of aryl methyl sites for hydroxylation is 2. The summed E-state index contributed by atoms with van der Waals surface area (Å²) in [6.45, 7) is 1.38. The van der Waals surface area contributed by atoms with Crippen LogP contribution in [0.5, 0.6) is 0 Å². The molecule has 0 saturated heterocycles. The van der Waals surface area contributed by atoms with Crippen molar-refractivity contribution in [3.63, 3.8) is 0 Å². The molecular formula is C12H11BrFN5. The van der Waals surface area contributed by atoms with Crippen LogP contribution in [0.4, 0.5) is 10.3 Å². The summed E-state index contributed by atoms with van der Waals surface area (Å²) in [5.74, 6) is 0.0411. The maximum atomic E-state index is 13.4. The molecule has 0 aliphatic heterocycles. The molecule has 2 aromatic heterocycles. The summed E-state index contributed by atoms with van der Waals surface area (Å²) in [6.07, 6.45) is 5.34. The number of hydrogen-bond acceptors (Lipinski definition) is 3. The zero-order chi connectivity index (χ0) is 13.4. The van der Waals surface area contributed by atoms with Gasteiger partial charge in [-0.3, -0.25) is 0 Å². The van der Waals surface area contributed by atoms with E-state index in [4.69, 9.17) is 5.73 Å². The second-order valence-electron chi connectivity index (χ2n) is 4.18. The van der Waals surface area contributed by atoms with Crippen molar-refractivity contribution in [1.82, 2.24) is 19.1 Å². The summed E-state index contributed by atoms with van der Waals surface area (Å²) in [5, 5.41) is 0. The van der Waals surface area contributed by atoms with Crippen LogP contribution in [0.25, 0.3) is 11.0 Å². The van der Waals surface area contributed by atoms with Gasteiger partial charge >= 0.3 is 0 Å². The van der Waals surface area contributed by atoms with Gasteiger partial charge in [-0.2, -0.15) is 0 Å². The first kappa shape index (κ1) is 12.2. The average Bonchev–Trinajstić information content (AvgIpc) is 2.96. The second kappa shape index (κ2) is 4.65. The lowest BCUT2D eigenvalue weighted by Crippen LogP contribution is -2.08. The number of nitrogens with two attached hydrogens (primary N) is 1. The van der Waals surface area contributed by atoms with Gasteiger partial charge in [0.1, 0.15) is 5.82 Å². The molecule has 1 aromatic carbocycles. The summed E-state index contributed by atoms with van der Waals surface area (Å²) in [5.41, 5.74) is 7.25. The molecule has 3 aromatic rings. The molecule has 0 aliphatic carbocycles. The van der Waals surface area contributed by atoms with E-state index >= 15 is 0 Å². The molecule has 2 heterocycles. The minimum Gasteiger partial charge on any atom is -0.369 e. The van der Waals surface area contributed by atoms with Crippen LogP contribution in [0.3, 0.4) is 0 Å². The lowest BCUT2D eigenvalue weighted by Gasteiger charge is -2.07. The zero-order valence-electron chi connectivity index (χ0n) is 9.92. The Morgan fingerprint density at radius 3 is 2.89 bits per heavy atom. The Labute approximate surface area is 117 Å². The fraction of sp³-hybridized carbons (Fsp3) is 0.167. The number of nitrogen functional groups attached to an aromatic ring is 1. The molecule has 0 amide bonds. The first-order valence-electron chi connectivity index (χ1n) is 5.71. The van der Waals surface area contributed by atoms with Crippen LogP contribution in [0.1, 0.15) is 0 Å². The van der Waals surface area contributed by atoms with Gasteiger partial charge in [0.25, 0.3) is 0 Å². The Bertz CT molecular complexity index is 719. The topological polar surface area (TPSA) is 61.7 Å². The van der Waals surface area contributed by atoms with E-state index in [0.29, 0.717) is 22.5 Å². The third-order valence-electron chi connectivity index (χ3n) is 2.96. The maximum absolute atomic E-state index is 13.4. The third-order valence-corrected chi connectivity index (χ3v) is 3.57. The molecular weight excluding hydrogens is 313 g/mol. The van der Waals surface area contributed by atoms with Crippen molar-refractivity contribution in [2.24, 2.45) is 0 Å². The van der Waals surface area contributed by atoms with Crippen LogP contribution < -0.4 is 5.73 Å². The van der Waals surface area contributed by atoms with Crippen LogP contribution >= 0.6 is 15.9 Å². The standard InChI is InChI=1S/C12H11BrFN5/c13-8-5-11-10(6-9(8)14)17-12(15)19(11)4-3-18-2-1-16-7-18/h1-2,5-7H,3-4H2,(H2,15,17). The van der Waals surface area contributed by atoms with E-state index in [-0.39, 0.29) is 5.82 Å². The van der Waals surface area contributed by atoms with Gasteiger partial charge in [0, 0.05) is 31.5 Å². The van der Waals surface area contributed by atoms with E-state index in [0.717, 1.165) is 12.1 Å². The van der Waals surface area contributed by atoms with E-state index in [1.165, 1.54) is 6.07 Å². The SMILES string of the molecule is Nc1nc2cc(F)c(Br)cc2n1CCn1ccnc1. The molecule has 5 nitrogen and oxygen atoms in total. The number of rotatable bonds is 3. The largest absolute Gasteiger partial charge is 0.369 e. The third kappa shape index (κ3) is 2.21. The number of halogens is 2. The van der Waals surface area contributed by atoms with Gasteiger partial charge in [-0.15, -0.1) is 0 Å². The molecule has 19 heavy (non-hydrogen) atoms. The van der Waals surface area contributed by atoms with Gasteiger partial charge in [0.2, 0.25) is 5.95 Å².